The maximum atomic E-state index is 9.36. The average molecular weight is 360 g/mol. The second-order valence-corrected chi connectivity index (χ2v) is 6.42. The van der Waals surface area contributed by atoms with Crippen LogP contribution in [0.1, 0.15) is 22.6 Å². The first-order valence-corrected chi connectivity index (χ1v) is 8.95. The number of hydrogen-bond acceptors (Lipinski definition) is 3. The van der Waals surface area contributed by atoms with Gasteiger partial charge in [-0.3, -0.25) is 0 Å². The molecular weight excluding hydrogens is 344 g/mol. The molecule has 0 N–H and O–H groups in total. The summed E-state index contributed by atoms with van der Waals surface area (Å²) in [5, 5.41) is 18.7. The molecule has 0 spiro atoms. The van der Waals surface area contributed by atoms with E-state index in [-0.39, 0.29) is 11.5 Å². The zero-order chi connectivity index (χ0) is 19.3. The van der Waals surface area contributed by atoms with Gasteiger partial charge in [-0.25, -0.2) is 0 Å². The van der Waals surface area contributed by atoms with Crippen LogP contribution in [-0.4, -0.2) is 0 Å². The highest BCUT2D eigenvalue weighted by Crippen LogP contribution is 2.46. The standard InChI is InChI=1S/C25H16N2O/c26-16-18(17-27)15-22-24(19-9-3-1-4-10-19)21-13-7-8-14-23(21)28-25(22)20-11-5-2-6-12-20/h1-15,24H/t24-/m1/s1. The molecule has 0 aromatic heterocycles. The molecule has 3 aromatic rings. The normalized spacial score (nSPS) is 14.9. The van der Waals surface area contributed by atoms with Gasteiger partial charge in [-0.15, -0.1) is 0 Å². The van der Waals surface area contributed by atoms with Gasteiger partial charge in [0.1, 0.15) is 29.2 Å². The van der Waals surface area contributed by atoms with Crippen LogP contribution in [0, 0.1) is 22.7 Å². The van der Waals surface area contributed by atoms with Gasteiger partial charge in [-0.1, -0.05) is 78.9 Å². The Bertz CT molecular complexity index is 1130. The van der Waals surface area contributed by atoms with E-state index in [1.54, 1.807) is 6.08 Å². The molecule has 4 rings (SSSR count). The van der Waals surface area contributed by atoms with Crippen LogP contribution in [0.3, 0.4) is 0 Å². The van der Waals surface area contributed by atoms with E-state index < -0.39 is 0 Å². The third-order valence-corrected chi connectivity index (χ3v) is 4.72. The molecule has 1 aliphatic rings. The van der Waals surface area contributed by atoms with E-state index in [0.717, 1.165) is 28.0 Å². The zero-order valence-electron chi connectivity index (χ0n) is 15.0. The Morgan fingerprint density at radius 2 is 1.39 bits per heavy atom. The summed E-state index contributed by atoms with van der Waals surface area (Å²) in [6.07, 6.45) is 1.65. The lowest BCUT2D eigenvalue weighted by Crippen LogP contribution is -2.15. The summed E-state index contributed by atoms with van der Waals surface area (Å²) in [7, 11) is 0. The van der Waals surface area contributed by atoms with Crippen LogP contribution in [0.4, 0.5) is 0 Å². The Morgan fingerprint density at radius 1 is 0.786 bits per heavy atom. The van der Waals surface area contributed by atoms with Gasteiger partial charge in [-0.2, -0.15) is 10.5 Å². The van der Waals surface area contributed by atoms with E-state index >= 15 is 0 Å². The Hall–Kier alpha value is -4.08. The minimum atomic E-state index is -0.141. The molecular formula is C25H16N2O. The quantitative estimate of drug-likeness (QED) is 0.572. The number of hydrogen-bond donors (Lipinski definition) is 0. The first-order valence-electron chi connectivity index (χ1n) is 8.95. The van der Waals surface area contributed by atoms with Crippen LogP contribution in [-0.2, 0) is 0 Å². The Balaban J connectivity index is 2.04. The molecule has 1 heterocycles. The number of ether oxygens (including phenoxy) is 1. The molecule has 3 nitrogen and oxygen atoms in total. The van der Waals surface area contributed by atoms with Gasteiger partial charge in [0.2, 0.25) is 0 Å². The third-order valence-electron chi connectivity index (χ3n) is 4.72. The highest BCUT2D eigenvalue weighted by Gasteiger charge is 2.30. The number of rotatable bonds is 3. The second-order valence-electron chi connectivity index (χ2n) is 6.42. The highest BCUT2D eigenvalue weighted by molar-refractivity contribution is 5.75. The summed E-state index contributed by atoms with van der Waals surface area (Å²) in [5.74, 6) is 1.30. The molecule has 0 fully saturated rings. The molecule has 0 unspecified atom stereocenters. The first kappa shape index (κ1) is 17.3. The van der Waals surface area contributed by atoms with E-state index in [4.69, 9.17) is 4.74 Å². The van der Waals surface area contributed by atoms with Crippen molar-refractivity contribution < 1.29 is 4.74 Å². The van der Waals surface area contributed by atoms with Crippen LogP contribution in [0.15, 0.2) is 102 Å². The van der Waals surface area contributed by atoms with Crippen molar-refractivity contribution in [2.24, 2.45) is 0 Å². The molecule has 0 aliphatic carbocycles. The molecule has 0 bridgehead atoms. The molecule has 1 aliphatic heterocycles. The number of benzene rings is 3. The second kappa shape index (κ2) is 7.66. The monoisotopic (exact) mass is 360 g/mol. The lowest BCUT2D eigenvalue weighted by molar-refractivity contribution is 0.487. The van der Waals surface area contributed by atoms with Crippen molar-refractivity contribution in [1.82, 2.24) is 0 Å². The van der Waals surface area contributed by atoms with Crippen LogP contribution < -0.4 is 4.74 Å². The van der Waals surface area contributed by atoms with E-state index in [1.807, 2.05) is 84.9 Å². The number of fused-ring (bicyclic) bond motifs is 1. The Kier molecular flexibility index (Phi) is 4.74. The number of allylic oxidation sites excluding steroid dienone is 3. The fourth-order valence-electron chi connectivity index (χ4n) is 3.49. The average Bonchev–Trinajstić information content (AvgIpc) is 2.77. The van der Waals surface area contributed by atoms with Crippen molar-refractivity contribution in [2.45, 2.75) is 5.92 Å². The van der Waals surface area contributed by atoms with Gasteiger partial charge >= 0.3 is 0 Å². The SMILES string of the molecule is N#CC(C#N)=CC1=C(c2ccccc2)Oc2ccccc2[C@H]1c1ccccc1. The van der Waals surface area contributed by atoms with E-state index in [9.17, 15) is 10.5 Å². The van der Waals surface area contributed by atoms with Gasteiger partial charge in [0.25, 0.3) is 0 Å². The van der Waals surface area contributed by atoms with Gasteiger partial charge < -0.3 is 4.74 Å². The predicted molar refractivity (Wildman–Crippen MR) is 108 cm³/mol. The van der Waals surface area contributed by atoms with Crippen molar-refractivity contribution >= 4 is 5.76 Å². The molecule has 3 aromatic carbocycles. The fraction of sp³-hybridized carbons (Fsp3) is 0.0400. The molecule has 0 radical (unpaired) electrons. The van der Waals surface area contributed by atoms with Gasteiger partial charge in [-0.05, 0) is 17.7 Å². The van der Waals surface area contributed by atoms with Gasteiger partial charge in [0, 0.05) is 22.6 Å². The predicted octanol–water partition coefficient (Wildman–Crippen LogP) is 5.60. The lowest BCUT2D eigenvalue weighted by Gasteiger charge is -2.30. The van der Waals surface area contributed by atoms with E-state index in [2.05, 4.69) is 12.1 Å². The van der Waals surface area contributed by atoms with E-state index in [0.29, 0.717) is 5.76 Å². The summed E-state index contributed by atoms with van der Waals surface area (Å²) in [6, 6.07) is 31.7. The molecule has 3 heteroatoms. The van der Waals surface area contributed by atoms with Crippen LogP contribution in [0.25, 0.3) is 5.76 Å². The summed E-state index contributed by atoms with van der Waals surface area (Å²) in [4.78, 5) is 0. The smallest absolute Gasteiger partial charge is 0.138 e. The topological polar surface area (TPSA) is 56.8 Å². The maximum Gasteiger partial charge on any atom is 0.138 e. The van der Waals surface area contributed by atoms with E-state index in [1.165, 1.54) is 0 Å². The van der Waals surface area contributed by atoms with Gasteiger partial charge in [0.05, 0.1) is 0 Å². The van der Waals surface area contributed by atoms with Crippen LogP contribution in [0.5, 0.6) is 5.75 Å². The summed E-state index contributed by atoms with van der Waals surface area (Å²) < 4.78 is 6.29. The van der Waals surface area contributed by atoms with Crippen molar-refractivity contribution in [3.8, 4) is 17.9 Å². The third kappa shape index (κ3) is 3.18. The molecule has 0 saturated carbocycles. The van der Waals surface area contributed by atoms with Crippen molar-refractivity contribution in [3.63, 3.8) is 0 Å². The number of nitriles is 2. The minimum absolute atomic E-state index is 0.0485. The van der Waals surface area contributed by atoms with Crippen molar-refractivity contribution in [2.75, 3.05) is 0 Å². The molecule has 0 amide bonds. The minimum Gasteiger partial charge on any atom is -0.456 e. The van der Waals surface area contributed by atoms with Crippen molar-refractivity contribution in [3.05, 3.63) is 119 Å². The Labute approximate surface area is 164 Å². The van der Waals surface area contributed by atoms with Gasteiger partial charge in [0.15, 0.2) is 0 Å². The molecule has 1 atom stereocenters. The zero-order valence-corrected chi connectivity index (χ0v) is 15.0. The summed E-state index contributed by atoms with van der Waals surface area (Å²) >= 11 is 0. The number of nitrogens with zero attached hydrogens (tertiary/aromatic N) is 2. The van der Waals surface area contributed by atoms with Crippen molar-refractivity contribution in [1.29, 1.82) is 10.5 Å². The largest absolute Gasteiger partial charge is 0.456 e. The molecule has 132 valence electrons. The Morgan fingerprint density at radius 3 is 2.07 bits per heavy atom. The highest BCUT2D eigenvalue weighted by atomic mass is 16.5. The fourth-order valence-corrected chi connectivity index (χ4v) is 3.49. The van der Waals surface area contributed by atoms with Crippen LogP contribution in [0.2, 0.25) is 0 Å². The number of para-hydroxylation sites is 1. The summed E-state index contributed by atoms with van der Waals surface area (Å²) in [6.45, 7) is 0. The van der Waals surface area contributed by atoms with Crippen LogP contribution >= 0.6 is 0 Å². The molecule has 28 heavy (non-hydrogen) atoms. The lowest BCUT2D eigenvalue weighted by atomic mass is 9.80. The molecule has 0 saturated heterocycles. The first-order chi connectivity index (χ1) is 13.8. The summed E-state index contributed by atoms with van der Waals surface area (Å²) in [5.41, 5.74) is 3.84. The maximum absolute atomic E-state index is 9.36.